The number of aromatic nitrogens is 2. The third-order valence-corrected chi connectivity index (χ3v) is 5.29. The van der Waals surface area contributed by atoms with Crippen LogP contribution in [0.4, 0.5) is 11.4 Å². The summed E-state index contributed by atoms with van der Waals surface area (Å²) >= 11 is 0. The zero-order valence-corrected chi connectivity index (χ0v) is 17.4. The van der Waals surface area contributed by atoms with E-state index in [1.54, 1.807) is 12.1 Å². The number of carbonyl (C=O) groups excluding carboxylic acids is 1. The zero-order chi connectivity index (χ0) is 21.8. The van der Waals surface area contributed by atoms with E-state index in [1.807, 2.05) is 66.7 Å². The number of hydrogen-bond acceptors (Lipinski definition) is 3. The van der Waals surface area contributed by atoms with Gasteiger partial charge in [0.1, 0.15) is 5.82 Å². The zero-order valence-electron chi connectivity index (χ0n) is 17.4. The lowest BCUT2D eigenvalue weighted by Gasteiger charge is -2.09. The van der Waals surface area contributed by atoms with Crippen molar-refractivity contribution in [1.29, 1.82) is 0 Å². The van der Waals surface area contributed by atoms with Gasteiger partial charge in [-0.2, -0.15) is 0 Å². The minimum atomic E-state index is -0.110. The van der Waals surface area contributed by atoms with Gasteiger partial charge in [0, 0.05) is 29.0 Å². The average molecular weight is 419 g/mol. The van der Waals surface area contributed by atoms with Crippen LogP contribution in [0.2, 0.25) is 0 Å². The summed E-state index contributed by atoms with van der Waals surface area (Å²) in [6.07, 6.45) is 0. The maximum absolute atomic E-state index is 12.3. The first-order chi connectivity index (χ1) is 15.7. The monoisotopic (exact) mass is 418 g/mol. The average Bonchev–Trinajstić information content (AvgIpc) is 3.29. The fraction of sp³-hybridized carbons (Fsp3) is 0.0370. The van der Waals surface area contributed by atoms with Crippen molar-refractivity contribution in [1.82, 2.24) is 9.97 Å². The van der Waals surface area contributed by atoms with Crippen LogP contribution in [-0.4, -0.2) is 15.9 Å². The Hall–Kier alpha value is -4.38. The van der Waals surface area contributed by atoms with Crippen molar-refractivity contribution in [3.63, 3.8) is 0 Å². The predicted molar refractivity (Wildman–Crippen MR) is 130 cm³/mol. The van der Waals surface area contributed by atoms with Gasteiger partial charge in [-0.25, -0.2) is 4.98 Å². The van der Waals surface area contributed by atoms with Crippen molar-refractivity contribution >= 4 is 28.3 Å². The molecule has 0 aliphatic carbocycles. The Kier molecular flexibility index (Phi) is 5.37. The second kappa shape index (κ2) is 8.78. The Morgan fingerprint density at radius 3 is 2.19 bits per heavy atom. The Balaban J connectivity index is 1.19. The van der Waals surface area contributed by atoms with Crippen molar-refractivity contribution in [2.24, 2.45) is 0 Å². The molecule has 0 aliphatic heterocycles. The number of para-hydroxylation sites is 2. The Labute approximate surface area is 186 Å². The number of amides is 1. The molecular weight excluding hydrogens is 396 g/mol. The molecule has 0 saturated heterocycles. The molecule has 32 heavy (non-hydrogen) atoms. The second-order valence-corrected chi connectivity index (χ2v) is 7.55. The highest BCUT2D eigenvalue weighted by Gasteiger charge is 2.06. The van der Waals surface area contributed by atoms with E-state index in [9.17, 15) is 4.79 Å². The molecule has 156 valence electrons. The van der Waals surface area contributed by atoms with E-state index in [1.165, 1.54) is 0 Å². The summed E-state index contributed by atoms with van der Waals surface area (Å²) in [6, 6.07) is 33.3. The number of benzene rings is 4. The number of rotatable bonds is 6. The van der Waals surface area contributed by atoms with E-state index in [0.29, 0.717) is 12.1 Å². The van der Waals surface area contributed by atoms with E-state index in [4.69, 9.17) is 0 Å². The van der Waals surface area contributed by atoms with Gasteiger partial charge in [0.15, 0.2) is 0 Å². The highest BCUT2D eigenvalue weighted by Crippen LogP contribution is 2.22. The van der Waals surface area contributed by atoms with E-state index in [-0.39, 0.29) is 5.91 Å². The number of anilines is 2. The van der Waals surface area contributed by atoms with Gasteiger partial charge in [0.25, 0.3) is 5.91 Å². The van der Waals surface area contributed by atoms with Gasteiger partial charge in [0.2, 0.25) is 0 Å². The van der Waals surface area contributed by atoms with Crippen LogP contribution in [0.25, 0.3) is 22.4 Å². The molecule has 0 radical (unpaired) electrons. The molecule has 0 aliphatic rings. The lowest BCUT2D eigenvalue weighted by Crippen LogP contribution is -2.11. The van der Waals surface area contributed by atoms with Gasteiger partial charge < -0.3 is 15.6 Å². The minimum absolute atomic E-state index is 0.110. The summed E-state index contributed by atoms with van der Waals surface area (Å²) in [5, 5.41) is 6.36. The summed E-state index contributed by atoms with van der Waals surface area (Å²) in [5.74, 6) is 0.756. The normalized spacial score (nSPS) is 10.8. The van der Waals surface area contributed by atoms with Gasteiger partial charge in [-0.1, -0.05) is 42.5 Å². The van der Waals surface area contributed by atoms with Gasteiger partial charge in [-0.3, -0.25) is 4.79 Å². The van der Waals surface area contributed by atoms with Crippen LogP contribution in [-0.2, 0) is 6.54 Å². The summed E-state index contributed by atoms with van der Waals surface area (Å²) < 4.78 is 0. The first-order valence-corrected chi connectivity index (χ1v) is 10.5. The quantitative estimate of drug-likeness (QED) is 0.312. The number of nitrogens with zero attached hydrogens (tertiary/aromatic N) is 1. The van der Waals surface area contributed by atoms with Gasteiger partial charge >= 0.3 is 0 Å². The summed E-state index contributed by atoms with van der Waals surface area (Å²) in [7, 11) is 0. The van der Waals surface area contributed by atoms with Gasteiger partial charge in [0.05, 0.1) is 11.0 Å². The molecule has 0 spiro atoms. The SMILES string of the molecule is O=C(Nc1ccc(CNc2ccc(-c3nc4ccccc4[nH]3)cc2)cc1)c1ccccc1. The van der Waals surface area contributed by atoms with Crippen LogP contribution in [0.5, 0.6) is 0 Å². The standard InChI is InChI=1S/C27H22N4O/c32-27(21-6-2-1-3-7-21)29-23-14-10-19(11-15-23)18-28-22-16-12-20(13-17-22)26-30-24-8-4-5-9-25(24)31-26/h1-17,28H,18H2,(H,29,32)(H,30,31). The Morgan fingerprint density at radius 2 is 1.44 bits per heavy atom. The number of aromatic amines is 1. The Morgan fingerprint density at radius 1 is 0.750 bits per heavy atom. The third-order valence-electron chi connectivity index (χ3n) is 5.29. The molecule has 1 heterocycles. The lowest BCUT2D eigenvalue weighted by atomic mass is 10.1. The van der Waals surface area contributed by atoms with Crippen molar-refractivity contribution in [3.05, 3.63) is 114 Å². The lowest BCUT2D eigenvalue weighted by molar-refractivity contribution is 0.102. The maximum Gasteiger partial charge on any atom is 0.255 e. The second-order valence-electron chi connectivity index (χ2n) is 7.55. The molecule has 3 N–H and O–H groups in total. The largest absolute Gasteiger partial charge is 0.381 e. The minimum Gasteiger partial charge on any atom is -0.381 e. The van der Waals surface area contributed by atoms with Crippen LogP contribution in [0.15, 0.2) is 103 Å². The van der Waals surface area contributed by atoms with E-state index >= 15 is 0 Å². The van der Waals surface area contributed by atoms with E-state index < -0.39 is 0 Å². The molecule has 1 amide bonds. The molecule has 5 rings (SSSR count). The van der Waals surface area contributed by atoms with Crippen LogP contribution in [0.3, 0.4) is 0 Å². The highest BCUT2D eigenvalue weighted by atomic mass is 16.1. The number of imidazole rings is 1. The molecule has 0 unspecified atom stereocenters. The molecule has 0 saturated carbocycles. The van der Waals surface area contributed by atoms with Crippen LogP contribution < -0.4 is 10.6 Å². The van der Waals surface area contributed by atoms with Crippen molar-refractivity contribution in [2.45, 2.75) is 6.54 Å². The first kappa shape index (κ1) is 19.6. The van der Waals surface area contributed by atoms with Crippen molar-refractivity contribution in [2.75, 3.05) is 10.6 Å². The molecule has 5 heteroatoms. The Bertz CT molecular complexity index is 1310. The van der Waals surface area contributed by atoms with Crippen LogP contribution in [0, 0.1) is 0 Å². The summed E-state index contributed by atoms with van der Waals surface area (Å²) in [4.78, 5) is 20.3. The predicted octanol–water partition coefficient (Wildman–Crippen LogP) is 6.09. The molecule has 0 bridgehead atoms. The molecule has 4 aromatic carbocycles. The molecule has 0 fully saturated rings. The summed E-state index contributed by atoms with van der Waals surface area (Å²) in [6.45, 7) is 0.691. The smallest absolute Gasteiger partial charge is 0.255 e. The van der Waals surface area contributed by atoms with E-state index in [2.05, 4.69) is 44.9 Å². The van der Waals surface area contributed by atoms with Gasteiger partial charge in [-0.05, 0) is 66.2 Å². The maximum atomic E-state index is 12.3. The molecule has 5 aromatic rings. The number of carbonyl (C=O) groups is 1. The molecule has 5 nitrogen and oxygen atoms in total. The molecule has 1 aromatic heterocycles. The third kappa shape index (κ3) is 4.37. The summed E-state index contributed by atoms with van der Waals surface area (Å²) in [5.41, 5.74) is 6.63. The number of fused-ring (bicyclic) bond motifs is 1. The van der Waals surface area contributed by atoms with Crippen molar-refractivity contribution in [3.8, 4) is 11.4 Å². The van der Waals surface area contributed by atoms with E-state index in [0.717, 1.165) is 39.4 Å². The molecular formula is C27H22N4O. The fourth-order valence-corrected chi connectivity index (χ4v) is 3.54. The van der Waals surface area contributed by atoms with Crippen molar-refractivity contribution < 1.29 is 4.79 Å². The number of H-pyrrole nitrogens is 1. The topological polar surface area (TPSA) is 69.8 Å². The first-order valence-electron chi connectivity index (χ1n) is 10.5. The number of hydrogen-bond donors (Lipinski definition) is 3. The van der Waals surface area contributed by atoms with Crippen LogP contribution >= 0.6 is 0 Å². The number of nitrogens with one attached hydrogen (secondary N) is 3. The fourth-order valence-electron chi connectivity index (χ4n) is 3.54. The molecule has 0 atom stereocenters. The van der Waals surface area contributed by atoms with Gasteiger partial charge in [-0.15, -0.1) is 0 Å². The highest BCUT2D eigenvalue weighted by molar-refractivity contribution is 6.04. The van der Waals surface area contributed by atoms with Crippen LogP contribution in [0.1, 0.15) is 15.9 Å².